The smallest absolute Gasteiger partial charge is 0.321 e. The highest BCUT2D eigenvalue weighted by Crippen LogP contribution is 2.30. The van der Waals surface area contributed by atoms with Crippen LogP contribution in [0.4, 0.5) is 0 Å². The molecule has 8 heteroatoms. The van der Waals surface area contributed by atoms with Crippen LogP contribution in [0.25, 0.3) is 0 Å². The van der Waals surface area contributed by atoms with Crippen molar-refractivity contribution in [3.05, 3.63) is 22.2 Å². The van der Waals surface area contributed by atoms with Gasteiger partial charge in [-0.05, 0) is 31.0 Å². The number of sulfonamides is 1. The predicted octanol–water partition coefficient (Wildman–Crippen LogP) is 2.30. The summed E-state index contributed by atoms with van der Waals surface area (Å²) >= 11 is 3.26. The zero-order valence-electron chi connectivity index (χ0n) is 12.0. The molecule has 0 aliphatic carbocycles. The molecule has 1 aromatic rings. The van der Waals surface area contributed by atoms with Crippen molar-refractivity contribution >= 4 is 31.9 Å². The van der Waals surface area contributed by atoms with Crippen LogP contribution in [0.2, 0.25) is 0 Å². The molecule has 0 aromatic heterocycles. The molecule has 1 atom stereocenters. The summed E-state index contributed by atoms with van der Waals surface area (Å²) in [6.45, 7) is 3.58. The summed E-state index contributed by atoms with van der Waals surface area (Å²) in [5.74, 6) is -1.03. The summed E-state index contributed by atoms with van der Waals surface area (Å²) in [6, 6.07) is 1.82. The van der Waals surface area contributed by atoms with Crippen LogP contribution >= 0.6 is 15.9 Å². The maximum Gasteiger partial charge on any atom is 0.321 e. The van der Waals surface area contributed by atoms with E-state index in [0.717, 1.165) is 5.56 Å². The number of aryl methyl sites for hydroxylation is 1. The summed E-state index contributed by atoms with van der Waals surface area (Å²) in [7, 11) is -2.63. The molecule has 0 fully saturated rings. The minimum Gasteiger partial charge on any atom is -0.495 e. The van der Waals surface area contributed by atoms with Crippen molar-refractivity contribution < 1.29 is 23.1 Å². The van der Waals surface area contributed by atoms with E-state index in [1.54, 1.807) is 19.9 Å². The van der Waals surface area contributed by atoms with Gasteiger partial charge in [0.05, 0.1) is 7.11 Å². The first-order valence-electron chi connectivity index (χ1n) is 6.32. The highest BCUT2D eigenvalue weighted by molar-refractivity contribution is 9.10. The van der Waals surface area contributed by atoms with Crippen LogP contribution in [0.15, 0.2) is 21.5 Å². The SMILES string of the molecule is CCCC(NS(=O)(=O)c1cc(Br)c(C)cc1OC)C(=O)O. The van der Waals surface area contributed by atoms with Gasteiger partial charge in [-0.3, -0.25) is 4.79 Å². The summed E-state index contributed by atoms with van der Waals surface area (Å²) < 4.78 is 32.7. The van der Waals surface area contributed by atoms with E-state index < -0.39 is 22.0 Å². The van der Waals surface area contributed by atoms with Crippen molar-refractivity contribution in [1.29, 1.82) is 0 Å². The van der Waals surface area contributed by atoms with Crippen LogP contribution < -0.4 is 9.46 Å². The molecule has 0 saturated carbocycles. The Bertz CT molecular complexity index is 630. The molecule has 0 aliphatic heterocycles. The molecule has 118 valence electrons. The second kappa shape index (κ2) is 7.24. The number of nitrogens with one attached hydrogen (secondary N) is 1. The molecule has 0 bridgehead atoms. The topological polar surface area (TPSA) is 92.7 Å². The van der Waals surface area contributed by atoms with Gasteiger partial charge in [0.15, 0.2) is 0 Å². The third kappa shape index (κ3) is 4.42. The van der Waals surface area contributed by atoms with E-state index in [0.29, 0.717) is 10.9 Å². The zero-order valence-corrected chi connectivity index (χ0v) is 14.4. The Balaban J connectivity index is 3.24. The van der Waals surface area contributed by atoms with Crippen molar-refractivity contribution in [3.63, 3.8) is 0 Å². The Kier molecular flexibility index (Phi) is 6.18. The van der Waals surface area contributed by atoms with Crippen LogP contribution in [0.1, 0.15) is 25.3 Å². The lowest BCUT2D eigenvalue weighted by atomic mass is 10.2. The van der Waals surface area contributed by atoms with Gasteiger partial charge in [-0.15, -0.1) is 0 Å². The Morgan fingerprint density at radius 2 is 2.10 bits per heavy atom. The van der Waals surface area contributed by atoms with Crippen LogP contribution in [0.5, 0.6) is 5.75 Å². The van der Waals surface area contributed by atoms with Gasteiger partial charge in [0.2, 0.25) is 10.0 Å². The van der Waals surface area contributed by atoms with E-state index in [-0.39, 0.29) is 17.1 Å². The third-order valence-electron chi connectivity index (χ3n) is 2.91. The minimum absolute atomic E-state index is 0.0928. The minimum atomic E-state index is -3.99. The maximum absolute atomic E-state index is 12.4. The Morgan fingerprint density at radius 3 is 2.57 bits per heavy atom. The predicted molar refractivity (Wildman–Crippen MR) is 82.1 cm³/mol. The fourth-order valence-corrected chi connectivity index (χ4v) is 3.67. The number of carboxylic acid groups (broad SMARTS) is 1. The Labute approximate surface area is 132 Å². The molecule has 1 aromatic carbocycles. The number of ether oxygens (including phenoxy) is 1. The Hall–Kier alpha value is -1.12. The Morgan fingerprint density at radius 1 is 1.48 bits per heavy atom. The number of halogens is 1. The molecule has 0 amide bonds. The number of benzene rings is 1. The number of hydrogen-bond acceptors (Lipinski definition) is 4. The molecule has 1 unspecified atom stereocenters. The second-order valence-electron chi connectivity index (χ2n) is 4.55. The number of aliphatic carboxylic acids is 1. The van der Waals surface area contributed by atoms with E-state index in [1.165, 1.54) is 13.2 Å². The summed E-state index contributed by atoms with van der Waals surface area (Å²) in [5, 5.41) is 9.07. The van der Waals surface area contributed by atoms with Gasteiger partial charge in [0.1, 0.15) is 16.7 Å². The fourth-order valence-electron chi connectivity index (χ4n) is 1.78. The molecule has 21 heavy (non-hydrogen) atoms. The molecule has 0 spiro atoms. The molecule has 1 rings (SSSR count). The summed E-state index contributed by atoms with van der Waals surface area (Å²) in [4.78, 5) is 11.0. The van der Waals surface area contributed by atoms with Gasteiger partial charge in [-0.25, -0.2) is 8.42 Å². The second-order valence-corrected chi connectivity index (χ2v) is 7.09. The highest BCUT2D eigenvalue weighted by atomic mass is 79.9. The van der Waals surface area contributed by atoms with Gasteiger partial charge < -0.3 is 9.84 Å². The van der Waals surface area contributed by atoms with Crippen molar-refractivity contribution in [2.75, 3.05) is 7.11 Å². The van der Waals surface area contributed by atoms with Crippen LogP contribution in [-0.4, -0.2) is 32.6 Å². The summed E-state index contributed by atoms with van der Waals surface area (Å²) in [6.07, 6.45) is 0.762. The van der Waals surface area contributed by atoms with E-state index in [1.807, 2.05) is 0 Å². The first-order valence-corrected chi connectivity index (χ1v) is 8.59. The molecule has 2 N–H and O–H groups in total. The number of rotatable bonds is 7. The molecule has 0 saturated heterocycles. The average molecular weight is 380 g/mol. The fraction of sp³-hybridized carbons (Fsp3) is 0.462. The average Bonchev–Trinajstić information content (AvgIpc) is 2.40. The number of carbonyl (C=O) groups is 1. The number of carboxylic acids is 1. The van der Waals surface area contributed by atoms with E-state index in [2.05, 4.69) is 20.7 Å². The molecule has 6 nitrogen and oxygen atoms in total. The van der Waals surface area contributed by atoms with Gasteiger partial charge >= 0.3 is 5.97 Å². The largest absolute Gasteiger partial charge is 0.495 e. The number of hydrogen-bond donors (Lipinski definition) is 2. The molecule has 0 aliphatic rings. The van der Waals surface area contributed by atoms with Crippen LogP contribution in [0.3, 0.4) is 0 Å². The standard InChI is InChI=1S/C13H18BrNO5S/c1-4-5-10(13(16)17)15-21(18,19)12-7-9(14)8(2)6-11(12)20-3/h6-7,10,15H,4-5H2,1-3H3,(H,16,17). The maximum atomic E-state index is 12.4. The van der Waals surface area contributed by atoms with Crippen molar-refractivity contribution in [1.82, 2.24) is 4.72 Å². The number of methoxy groups -OCH3 is 1. The van der Waals surface area contributed by atoms with Crippen molar-refractivity contribution in [2.45, 2.75) is 37.6 Å². The van der Waals surface area contributed by atoms with E-state index in [9.17, 15) is 13.2 Å². The molecular formula is C13H18BrNO5S. The van der Waals surface area contributed by atoms with E-state index in [4.69, 9.17) is 9.84 Å². The third-order valence-corrected chi connectivity index (χ3v) is 5.25. The van der Waals surface area contributed by atoms with Crippen LogP contribution in [-0.2, 0) is 14.8 Å². The first kappa shape index (κ1) is 17.9. The van der Waals surface area contributed by atoms with Crippen LogP contribution in [0, 0.1) is 6.92 Å². The molecular weight excluding hydrogens is 362 g/mol. The van der Waals surface area contributed by atoms with Crippen molar-refractivity contribution in [2.24, 2.45) is 0 Å². The molecule has 0 radical (unpaired) electrons. The summed E-state index contributed by atoms with van der Waals surface area (Å²) in [5.41, 5.74) is 0.814. The van der Waals surface area contributed by atoms with Crippen molar-refractivity contribution in [3.8, 4) is 5.75 Å². The lowest BCUT2D eigenvalue weighted by Crippen LogP contribution is -2.40. The lowest BCUT2D eigenvalue weighted by Gasteiger charge is -2.16. The van der Waals surface area contributed by atoms with Gasteiger partial charge in [-0.2, -0.15) is 4.72 Å². The highest BCUT2D eigenvalue weighted by Gasteiger charge is 2.27. The monoisotopic (exact) mass is 379 g/mol. The quantitative estimate of drug-likeness (QED) is 0.757. The zero-order chi connectivity index (χ0) is 16.2. The van der Waals surface area contributed by atoms with E-state index >= 15 is 0 Å². The normalized spacial score (nSPS) is 13.0. The lowest BCUT2D eigenvalue weighted by molar-refractivity contribution is -0.139. The first-order chi connectivity index (χ1) is 9.72. The van der Waals surface area contributed by atoms with Gasteiger partial charge in [-0.1, -0.05) is 29.3 Å². The van der Waals surface area contributed by atoms with Gasteiger partial charge in [0.25, 0.3) is 0 Å². The van der Waals surface area contributed by atoms with Gasteiger partial charge in [0, 0.05) is 4.47 Å². The molecule has 0 heterocycles.